The van der Waals surface area contributed by atoms with Crippen molar-refractivity contribution in [3.63, 3.8) is 0 Å². The Morgan fingerprint density at radius 2 is 2.05 bits per heavy atom. The van der Waals surface area contributed by atoms with Crippen LogP contribution >= 0.6 is 0 Å². The van der Waals surface area contributed by atoms with Crippen molar-refractivity contribution in [2.24, 2.45) is 0 Å². The second-order valence-electron chi connectivity index (χ2n) is 5.45. The van der Waals surface area contributed by atoms with Gasteiger partial charge in [-0.25, -0.2) is 13.4 Å². The third-order valence-corrected chi connectivity index (χ3v) is 6.01. The fourth-order valence-corrected chi connectivity index (χ4v) is 4.77. The molecule has 2 aromatic rings. The smallest absolute Gasteiger partial charge is 0.160 e. The van der Waals surface area contributed by atoms with Crippen molar-refractivity contribution >= 4 is 20.9 Å². The third-order valence-electron chi connectivity index (χ3n) is 3.82. The highest BCUT2D eigenvalue weighted by Gasteiger charge is 2.32. The lowest BCUT2D eigenvalue weighted by molar-refractivity contribution is 0.540. The van der Waals surface area contributed by atoms with E-state index in [-0.39, 0.29) is 5.75 Å². The van der Waals surface area contributed by atoms with Crippen molar-refractivity contribution in [2.45, 2.75) is 38.4 Å². The number of hydrogen-bond donors (Lipinski definition) is 1. The van der Waals surface area contributed by atoms with Gasteiger partial charge in [0.1, 0.15) is 11.1 Å². The Kier molecular flexibility index (Phi) is 2.89. The highest BCUT2D eigenvalue weighted by Crippen LogP contribution is 2.33. The minimum Gasteiger partial charge on any atom is -0.341 e. The van der Waals surface area contributed by atoms with Gasteiger partial charge in [-0.15, -0.1) is 0 Å². The molecule has 0 saturated carbocycles. The van der Waals surface area contributed by atoms with Gasteiger partial charge in [0.05, 0.1) is 16.8 Å². The Labute approximate surface area is 113 Å². The topological polar surface area (TPSA) is 62.8 Å². The second-order valence-corrected chi connectivity index (χ2v) is 7.75. The quantitative estimate of drug-likeness (QED) is 0.872. The summed E-state index contributed by atoms with van der Waals surface area (Å²) in [6.07, 6.45) is 2.41. The SMILES string of the molecule is Cc1cc(C)c2nc(C3CCCCS3(=O)=O)[nH]c2c1. The maximum Gasteiger partial charge on any atom is 0.160 e. The molecule has 1 aromatic heterocycles. The summed E-state index contributed by atoms with van der Waals surface area (Å²) in [7, 11) is -3.04. The van der Waals surface area contributed by atoms with Gasteiger partial charge < -0.3 is 4.98 Å². The maximum atomic E-state index is 12.2. The molecule has 3 rings (SSSR count). The fourth-order valence-electron chi connectivity index (χ4n) is 2.90. The van der Waals surface area contributed by atoms with Crippen LogP contribution in [-0.4, -0.2) is 24.1 Å². The summed E-state index contributed by atoms with van der Waals surface area (Å²) >= 11 is 0. The molecule has 0 bridgehead atoms. The van der Waals surface area contributed by atoms with E-state index < -0.39 is 15.1 Å². The number of hydrogen-bond acceptors (Lipinski definition) is 3. The number of nitrogens with zero attached hydrogens (tertiary/aromatic N) is 1. The van der Waals surface area contributed by atoms with Gasteiger partial charge >= 0.3 is 0 Å². The van der Waals surface area contributed by atoms with Crippen LogP contribution in [0.3, 0.4) is 0 Å². The Balaban J connectivity index is 2.13. The van der Waals surface area contributed by atoms with Crippen molar-refractivity contribution in [1.82, 2.24) is 9.97 Å². The minimum absolute atomic E-state index is 0.284. The second kappa shape index (κ2) is 4.34. The van der Waals surface area contributed by atoms with Gasteiger partial charge in [0.25, 0.3) is 0 Å². The van der Waals surface area contributed by atoms with Crippen molar-refractivity contribution in [2.75, 3.05) is 5.75 Å². The molecule has 5 heteroatoms. The van der Waals surface area contributed by atoms with Crippen molar-refractivity contribution in [1.29, 1.82) is 0 Å². The Morgan fingerprint density at radius 1 is 1.26 bits per heavy atom. The fraction of sp³-hybridized carbons (Fsp3) is 0.500. The number of fused-ring (bicyclic) bond motifs is 1. The van der Waals surface area contributed by atoms with Crippen molar-refractivity contribution in [3.05, 3.63) is 29.1 Å². The number of aryl methyl sites for hydroxylation is 2. The van der Waals surface area contributed by atoms with Gasteiger partial charge in [0, 0.05) is 0 Å². The normalized spacial score (nSPS) is 22.7. The average Bonchev–Trinajstić information content (AvgIpc) is 2.72. The summed E-state index contributed by atoms with van der Waals surface area (Å²) in [5, 5.41) is -0.451. The molecule has 1 aromatic carbocycles. The number of sulfone groups is 1. The summed E-state index contributed by atoms with van der Waals surface area (Å²) < 4.78 is 24.3. The molecule has 1 saturated heterocycles. The van der Waals surface area contributed by atoms with Crippen LogP contribution in [0.4, 0.5) is 0 Å². The van der Waals surface area contributed by atoms with Crippen molar-refractivity contribution < 1.29 is 8.42 Å². The lowest BCUT2D eigenvalue weighted by Crippen LogP contribution is -2.22. The number of rotatable bonds is 1. The molecular formula is C14H18N2O2S. The van der Waals surface area contributed by atoms with E-state index in [1.807, 2.05) is 19.9 Å². The molecule has 1 N–H and O–H groups in total. The number of aromatic nitrogens is 2. The van der Waals surface area contributed by atoms with Crippen molar-refractivity contribution in [3.8, 4) is 0 Å². The number of nitrogens with one attached hydrogen (secondary N) is 1. The number of imidazole rings is 1. The Morgan fingerprint density at radius 3 is 2.79 bits per heavy atom. The van der Waals surface area contributed by atoms with Gasteiger partial charge in [0.2, 0.25) is 0 Å². The van der Waals surface area contributed by atoms with Crippen LogP contribution in [0.5, 0.6) is 0 Å². The lowest BCUT2D eigenvalue weighted by atomic mass is 10.1. The molecule has 4 nitrogen and oxygen atoms in total. The van der Waals surface area contributed by atoms with Crippen LogP contribution in [0.1, 0.15) is 41.5 Å². The van der Waals surface area contributed by atoms with E-state index >= 15 is 0 Å². The number of aromatic amines is 1. The van der Waals surface area contributed by atoms with Crippen LogP contribution in [0.15, 0.2) is 12.1 Å². The summed E-state index contributed by atoms with van der Waals surface area (Å²) in [4.78, 5) is 7.75. The zero-order valence-corrected chi connectivity index (χ0v) is 12.0. The summed E-state index contributed by atoms with van der Waals surface area (Å²) in [5.41, 5.74) is 4.08. The minimum atomic E-state index is -3.04. The van der Waals surface area contributed by atoms with E-state index in [1.165, 1.54) is 0 Å². The predicted octanol–water partition coefficient (Wildman–Crippen LogP) is 2.82. The predicted molar refractivity (Wildman–Crippen MR) is 75.9 cm³/mol. The molecule has 0 amide bonds. The first-order chi connectivity index (χ1) is 8.97. The molecule has 0 aliphatic carbocycles. The largest absolute Gasteiger partial charge is 0.341 e. The maximum absolute atomic E-state index is 12.2. The molecule has 1 fully saturated rings. The summed E-state index contributed by atoms with van der Waals surface area (Å²) in [6, 6.07) is 4.09. The number of benzene rings is 1. The zero-order chi connectivity index (χ0) is 13.6. The van der Waals surface area contributed by atoms with E-state index in [2.05, 4.69) is 16.0 Å². The molecule has 1 atom stereocenters. The molecule has 1 aliphatic rings. The molecule has 2 heterocycles. The van der Waals surface area contributed by atoms with Crippen LogP contribution in [0, 0.1) is 13.8 Å². The van der Waals surface area contributed by atoms with E-state index in [9.17, 15) is 8.42 Å². The van der Waals surface area contributed by atoms with E-state index in [4.69, 9.17) is 0 Å². The van der Waals surface area contributed by atoms with Crippen LogP contribution in [0.2, 0.25) is 0 Å². The van der Waals surface area contributed by atoms with E-state index in [0.29, 0.717) is 12.2 Å². The molecule has 102 valence electrons. The van der Waals surface area contributed by atoms with Crippen LogP contribution < -0.4 is 0 Å². The Bertz CT molecular complexity index is 731. The van der Waals surface area contributed by atoms with Crippen LogP contribution in [-0.2, 0) is 9.84 Å². The molecular weight excluding hydrogens is 260 g/mol. The lowest BCUT2D eigenvalue weighted by Gasteiger charge is -2.20. The standard InChI is InChI=1S/C14H18N2O2S/c1-9-7-10(2)13-11(8-9)15-14(16-13)12-5-3-4-6-19(12,17)18/h7-8,12H,3-6H2,1-2H3,(H,15,16). The van der Waals surface area contributed by atoms with Crippen LogP contribution in [0.25, 0.3) is 11.0 Å². The molecule has 1 unspecified atom stereocenters. The van der Waals surface area contributed by atoms with Gasteiger partial charge in [-0.2, -0.15) is 0 Å². The molecule has 0 spiro atoms. The molecule has 1 aliphatic heterocycles. The van der Waals surface area contributed by atoms with Gasteiger partial charge in [-0.05, 0) is 43.9 Å². The average molecular weight is 278 g/mol. The highest BCUT2D eigenvalue weighted by atomic mass is 32.2. The number of H-pyrrole nitrogens is 1. The van der Waals surface area contributed by atoms with E-state index in [0.717, 1.165) is 35.0 Å². The third kappa shape index (κ3) is 2.16. The summed E-state index contributed by atoms with van der Waals surface area (Å²) in [5.74, 6) is 0.899. The van der Waals surface area contributed by atoms with Gasteiger partial charge in [0.15, 0.2) is 9.84 Å². The first kappa shape index (κ1) is 12.7. The van der Waals surface area contributed by atoms with Gasteiger partial charge in [-0.1, -0.05) is 12.5 Å². The summed E-state index contributed by atoms with van der Waals surface area (Å²) in [6.45, 7) is 4.04. The first-order valence-corrected chi connectivity index (χ1v) is 8.37. The molecule has 0 radical (unpaired) electrons. The first-order valence-electron chi connectivity index (χ1n) is 6.66. The highest BCUT2D eigenvalue weighted by molar-refractivity contribution is 7.91. The Hall–Kier alpha value is -1.36. The molecule has 19 heavy (non-hydrogen) atoms. The monoisotopic (exact) mass is 278 g/mol. The van der Waals surface area contributed by atoms with Gasteiger partial charge in [-0.3, -0.25) is 0 Å². The van der Waals surface area contributed by atoms with E-state index in [1.54, 1.807) is 0 Å². The zero-order valence-electron chi connectivity index (χ0n) is 11.2.